The molecule has 1 aliphatic heterocycles. The average molecular weight is 318 g/mol. The zero-order valence-corrected chi connectivity index (χ0v) is 14.1. The number of aromatic nitrogens is 3. The van der Waals surface area contributed by atoms with Gasteiger partial charge in [0.2, 0.25) is 0 Å². The Morgan fingerprint density at radius 3 is 2.64 bits per heavy atom. The van der Waals surface area contributed by atoms with E-state index in [9.17, 15) is 0 Å². The first-order valence-electron chi connectivity index (χ1n) is 7.61. The van der Waals surface area contributed by atoms with Crippen LogP contribution in [0.5, 0.6) is 0 Å². The van der Waals surface area contributed by atoms with E-state index in [1.807, 2.05) is 6.92 Å². The van der Waals surface area contributed by atoms with Gasteiger partial charge in [-0.05, 0) is 32.6 Å². The van der Waals surface area contributed by atoms with Gasteiger partial charge in [-0.3, -0.25) is 0 Å². The minimum absolute atomic E-state index is 0.600. The first-order chi connectivity index (χ1) is 10.5. The van der Waals surface area contributed by atoms with Crippen LogP contribution in [0.4, 0.5) is 22.5 Å². The van der Waals surface area contributed by atoms with Crippen molar-refractivity contribution in [3.8, 4) is 0 Å². The first kappa shape index (κ1) is 15.0. The van der Waals surface area contributed by atoms with Crippen LogP contribution in [-0.4, -0.2) is 28.0 Å². The summed E-state index contributed by atoms with van der Waals surface area (Å²) in [6.45, 7) is 8.35. The van der Waals surface area contributed by atoms with Crippen LogP contribution in [0.1, 0.15) is 30.3 Å². The van der Waals surface area contributed by atoms with Gasteiger partial charge in [0.1, 0.15) is 12.0 Å². The SMILES string of the molecule is Cc1nc(Nc2ncnc(N3CCC(C)CC3)c2N)sc1C. The molecule has 118 valence electrons. The molecule has 3 rings (SSSR count). The van der Waals surface area contributed by atoms with Crippen molar-refractivity contribution in [2.75, 3.05) is 29.0 Å². The molecule has 2 aromatic heterocycles. The van der Waals surface area contributed by atoms with E-state index in [4.69, 9.17) is 5.73 Å². The fraction of sp³-hybridized carbons (Fsp3) is 0.533. The predicted octanol–water partition coefficient (Wildman–Crippen LogP) is 3.11. The standard InChI is InChI=1S/C15H22N6S/c1-9-4-6-21(7-5-9)14-12(16)13(17-8-18-14)20-15-19-10(2)11(3)22-15/h8-9H,4-7,16H2,1-3H3,(H,17,18,19,20). The molecule has 1 saturated heterocycles. The molecular weight excluding hydrogens is 296 g/mol. The second kappa shape index (κ2) is 6.08. The monoisotopic (exact) mass is 318 g/mol. The highest BCUT2D eigenvalue weighted by molar-refractivity contribution is 7.15. The Bertz CT molecular complexity index is 641. The van der Waals surface area contributed by atoms with E-state index in [-0.39, 0.29) is 0 Å². The maximum absolute atomic E-state index is 6.29. The molecule has 3 N–H and O–H groups in total. The fourth-order valence-corrected chi connectivity index (χ4v) is 3.40. The molecule has 0 radical (unpaired) electrons. The zero-order valence-electron chi connectivity index (χ0n) is 13.3. The molecular formula is C15H22N6S. The minimum Gasteiger partial charge on any atom is -0.393 e. The van der Waals surface area contributed by atoms with E-state index in [0.717, 1.165) is 35.7 Å². The van der Waals surface area contributed by atoms with Crippen LogP contribution in [0.2, 0.25) is 0 Å². The van der Waals surface area contributed by atoms with Crippen LogP contribution in [0.3, 0.4) is 0 Å². The lowest BCUT2D eigenvalue weighted by molar-refractivity contribution is 0.437. The summed E-state index contributed by atoms with van der Waals surface area (Å²) < 4.78 is 0. The van der Waals surface area contributed by atoms with E-state index >= 15 is 0 Å². The van der Waals surface area contributed by atoms with Crippen LogP contribution >= 0.6 is 11.3 Å². The van der Waals surface area contributed by atoms with Crippen LogP contribution in [0, 0.1) is 19.8 Å². The number of piperidine rings is 1. The van der Waals surface area contributed by atoms with Gasteiger partial charge in [-0.2, -0.15) is 0 Å². The van der Waals surface area contributed by atoms with E-state index in [1.165, 1.54) is 17.7 Å². The lowest BCUT2D eigenvalue weighted by atomic mass is 9.99. The van der Waals surface area contributed by atoms with Gasteiger partial charge >= 0.3 is 0 Å². The van der Waals surface area contributed by atoms with Gasteiger partial charge < -0.3 is 16.0 Å². The second-order valence-corrected chi connectivity index (χ2v) is 7.12. The molecule has 3 heterocycles. The van der Waals surface area contributed by atoms with Crippen molar-refractivity contribution in [2.24, 2.45) is 5.92 Å². The van der Waals surface area contributed by atoms with E-state index in [0.29, 0.717) is 11.5 Å². The number of aryl methyl sites for hydroxylation is 2. The predicted molar refractivity (Wildman–Crippen MR) is 91.9 cm³/mol. The maximum Gasteiger partial charge on any atom is 0.188 e. The highest BCUT2D eigenvalue weighted by atomic mass is 32.1. The molecule has 1 aliphatic rings. The molecule has 0 spiro atoms. The van der Waals surface area contributed by atoms with Crippen molar-refractivity contribution in [3.05, 3.63) is 16.9 Å². The van der Waals surface area contributed by atoms with Crippen LogP contribution < -0.4 is 16.0 Å². The number of thiazole rings is 1. The lowest BCUT2D eigenvalue weighted by Gasteiger charge is -2.32. The fourth-order valence-electron chi connectivity index (χ4n) is 2.59. The van der Waals surface area contributed by atoms with Crippen LogP contribution in [0.15, 0.2) is 6.33 Å². The number of rotatable bonds is 3. The highest BCUT2D eigenvalue weighted by Gasteiger charge is 2.20. The number of nitrogens with two attached hydrogens (primary N) is 1. The molecule has 0 unspecified atom stereocenters. The molecule has 7 heteroatoms. The Hall–Kier alpha value is -1.89. The van der Waals surface area contributed by atoms with Crippen molar-refractivity contribution in [3.63, 3.8) is 0 Å². The molecule has 2 aromatic rings. The first-order valence-corrected chi connectivity index (χ1v) is 8.42. The highest BCUT2D eigenvalue weighted by Crippen LogP contribution is 2.32. The maximum atomic E-state index is 6.29. The third-order valence-electron chi connectivity index (χ3n) is 4.20. The molecule has 0 amide bonds. The van der Waals surface area contributed by atoms with Crippen molar-refractivity contribution >= 4 is 33.8 Å². The van der Waals surface area contributed by atoms with Gasteiger partial charge in [0.25, 0.3) is 0 Å². The molecule has 0 bridgehead atoms. The summed E-state index contributed by atoms with van der Waals surface area (Å²) in [7, 11) is 0. The Morgan fingerprint density at radius 1 is 1.27 bits per heavy atom. The van der Waals surface area contributed by atoms with Crippen LogP contribution in [0.25, 0.3) is 0 Å². The van der Waals surface area contributed by atoms with Gasteiger partial charge in [-0.25, -0.2) is 15.0 Å². The van der Waals surface area contributed by atoms with Gasteiger partial charge in [0.15, 0.2) is 16.8 Å². The van der Waals surface area contributed by atoms with Gasteiger partial charge in [-0.1, -0.05) is 6.92 Å². The average Bonchev–Trinajstić information content (AvgIpc) is 2.81. The summed E-state index contributed by atoms with van der Waals surface area (Å²) in [5.74, 6) is 2.24. The number of anilines is 4. The van der Waals surface area contributed by atoms with Crippen LogP contribution in [-0.2, 0) is 0 Å². The topological polar surface area (TPSA) is 80.0 Å². The van der Waals surface area contributed by atoms with Crippen molar-refractivity contribution in [2.45, 2.75) is 33.6 Å². The van der Waals surface area contributed by atoms with Crippen molar-refractivity contribution in [1.29, 1.82) is 0 Å². The summed E-state index contributed by atoms with van der Waals surface area (Å²) in [6.07, 6.45) is 3.92. The van der Waals surface area contributed by atoms with Gasteiger partial charge in [0, 0.05) is 18.0 Å². The summed E-state index contributed by atoms with van der Waals surface area (Å²) in [5, 5.41) is 4.04. The number of nitrogens with zero attached hydrogens (tertiary/aromatic N) is 4. The Kier molecular flexibility index (Phi) is 4.15. The second-order valence-electron chi connectivity index (χ2n) is 5.91. The summed E-state index contributed by atoms with van der Waals surface area (Å²) in [5.41, 5.74) is 7.92. The molecule has 0 aliphatic carbocycles. The molecule has 6 nitrogen and oxygen atoms in total. The van der Waals surface area contributed by atoms with Crippen molar-refractivity contribution < 1.29 is 0 Å². The molecule has 0 atom stereocenters. The molecule has 22 heavy (non-hydrogen) atoms. The Labute approximate surface area is 134 Å². The minimum atomic E-state index is 0.600. The summed E-state index contributed by atoms with van der Waals surface area (Å²) >= 11 is 1.61. The zero-order chi connectivity index (χ0) is 15.7. The van der Waals surface area contributed by atoms with E-state index < -0.39 is 0 Å². The normalized spacial score (nSPS) is 16.0. The molecule has 1 fully saturated rings. The van der Waals surface area contributed by atoms with E-state index in [2.05, 4.69) is 39.0 Å². The quantitative estimate of drug-likeness (QED) is 0.905. The van der Waals surface area contributed by atoms with Gasteiger partial charge in [-0.15, -0.1) is 11.3 Å². The number of nitrogen functional groups attached to an aromatic ring is 1. The largest absolute Gasteiger partial charge is 0.393 e. The Balaban J connectivity index is 1.82. The summed E-state index contributed by atoms with van der Waals surface area (Å²) in [6, 6.07) is 0. The molecule has 0 aromatic carbocycles. The molecule has 0 saturated carbocycles. The number of nitrogens with one attached hydrogen (secondary N) is 1. The van der Waals surface area contributed by atoms with E-state index in [1.54, 1.807) is 17.7 Å². The van der Waals surface area contributed by atoms with Crippen molar-refractivity contribution in [1.82, 2.24) is 15.0 Å². The van der Waals surface area contributed by atoms with Gasteiger partial charge in [0.05, 0.1) is 5.69 Å². The third-order valence-corrected chi connectivity index (χ3v) is 5.19. The Morgan fingerprint density at radius 2 is 2.00 bits per heavy atom. The number of hydrogen-bond donors (Lipinski definition) is 2. The summed E-state index contributed by atoms with van der Waals surface area (Å²) in [4.78, 5) is 16.6. The smallest absolute Gasteiger partial charge is 0.188 e. The third kappa shape index (κ3) is 2.99. The lowest BCUT2D eigenvalue weighted by Crippen LogP contribution is -2.34. The number of hydrogen-bond acceptors (Lipinski definition) is 7.